The highest BCUT2D eigenvalue weighted by Gasteiger charge is 2.43. The Hall–Kier alpha value is -0.120. The van der Waals surface area contributed by atoms with Gasteiger partial charge < -0.3 is 10.5 Å². The van der Waals surface area contributed by atoms with Crippen LogP contribution in [0.25, 0.3) is 0 Å². The van der Waals surface area contributed by atoms with E-state index in [0.29, 0.717) is 12.1 Å². The minimum atomic E-state index is 0.168. The fourth-order valence-electron chi connectivity index (χ4n) is 3.56. The highest BCUT2D eigenvalue weighted by Crippen LogP contribution is 2.35. The van der Waals surface area contributed by atoms with E-state index in [4.69, 9.17) is 10.5 Å². The molecule has 0 spiro atoms. The molecule has 3 nitrogen and oxygen atoms in total. The number of hydrogen-bond donors (Lipinski definition) is 1. The number of morpholine rings is 1. The molecule has 0 radical (unpaired) electrons. The minimum Gasteiger partial charge on any atom is -0.375 e. The first-order valence-corrected chi connectivity index (χ1v) is 7.65. The smallest absolute Gasteiger partial charge is 0.0731 e. The monoisotopic (exact) mass is 254 g/mol. The van der Waals surface area contributed by atoms with Gasteiger partial charge in [-0.15, -0.1) is 0 Å². The van der Waals surface area contributed by atoms with Crippen LogP contribution >= 0.6 is 0 Å². The SMILES string of the molecule is CC(C)CCC(C)(CN)N1CCOC2CCCC21. The lowest BCUT2D eigenvalue weighted by molar-refractivity contribution is -0.0959. The largest absolute Gasteiger partial charge is 0.375 e. The molecule has 2 aliphatic rings. The zero-order valence-electron chi connectivity index (χ0n) is 12.3. The molecule has 0 aromatic heterocycles. The molecule has 18 heavy (non-hydrogen) atoms. The predicted octanol–water partition coefficient (Wildman–Crippen LogP) is 2.39. The van der Waals surface area contributed by atoms with Gasteiger partial charge in [0.05, 0.1) is 12.7 Å². The first kappa shape index (κ1) is 14.3. The predicted molar refractivity (Wildman–Crippen MR) is 75.6 cm³/mol. The third-order valence-electron chi connectivity index (χ3n) is 4.88. The van der Waals surface area contributed by atoms with Crippen LogP contribution in [-0.2, 0) is 4.74 Å². The molecule has 1 aliphatic heterocycles. The standard InChI is InChI=1S/C15H30N2O/c1-12(2)7-8-15(3,11-16)17-9-10-18-14-6-4-5-13(14)17/h12-14H,4-11,16H2,1-3H3. The second-order valence-corrected chi connectivity index (χ2v) is 6.73. The summed E-state index contributed by atoms with van der Waals surface area (Å²) in [6.45, 7) is 9.67. The van der Waals surface area contributed by atoms with Crippen molar-refractivity contribution in [2.45, 2.75) is 70.6 Å². The van der Waals surface area contributed by atoms with E-state index in [2.05, 4.69) is 25.7 Å². The second-order valence-electron chi connectivity index (χ2n) is 6.73. The lowest BCUT2D eigenvalue weighted by Crippen LogP contribution is -2.61. The molecule has 0 bridgehead atoms. The van der Waals surface area contributed by atoms with Gasteiger partial charge in [-0.2, -0.15) is 0 Å². The summed E-state index contributed by atoms with van der Waals surface area (Å²) in [7, 11) is 0. The average Bonchev–Trinajstić information content (AvgIpc) is 2.83. The van der Waals surface area contributed by atoms with Crippen LogP contribution in [0.5, 0.6) is 0 Å². The maximum Gasteiger partial charge on any atom is 0.0731 e. The van der Waals surface area contributed by atoms with Crippen LogP contribution in [0.3, 0.4) is 0 Å². The zero-order chi connectivity index (χ0) is 13.2. The Bertz CT molecular complexity index is 269. The van der Waals surface area contributed by atoms with E-state index in [1.807, 2.05) is 0 Å². The van der Waals surface area contributed by atoms with Crippen LogP contribution in [0.1, 0.15) is 52.9 Å². The number of fused-ring (bicyclic) bond motifs is 1. The molecule has 2 N–H and O–H groups in total. The van der Waals surface area contributed by atoms with Gasteiger partial charge in [0, 0.05) is 24.7 Å². The average molecular weight is 254 g/mol. The van der Waals surface area contributed by atoms with Gasteiger partial charge in [0.25, 0.3) is 0 Å². The molecule has 2 fully saturated rings. The van der Waals surface area contributed by atoms with E-state index in [1.165, 1.54) is 32.1 Å². The summed E-state index contributed by atoms with van der Waals surface area (Å²) in [5, 5.41) is 0. The summed E-state index contributed by atoms with van der Waals surface area (Å²) in [6, 6.07) is 0.625. The van der Waals surface area contributed by atoms with E-state index >= 15 is 0 Å². The lowest BCUT2D eigenvalue weighted by atomic mass is 9.88. The van der Waals surface area contributed by atoms with Crippen molar-refractivity contribution >= 4 is 0 Å². The van der Waals surface area contributed by atoms with Gasteiger partial charge >= 0.3 is 0 Å². The van der Waals surface area contributed by atoms with E-state index < -0.39 is 0 Å². The second kappa shape index (κ2) is 5.89. The Balaban J connectivity index is 2.05. The molecule has 3 unspecified atom stereocenters. The van der Waals surface area contributed by atoms with Gasteiger partial charge in [0.2, 0.25) is 0 Å². The van der Waals surface area contributed by atoms with Gasteiger partial charge in [-0.1, -0.05) is 13.8 Å². The number of rotatable bonds is 5. The maximum absolute atomic E-state index is 6.12. The summed E-state index contributed by atoms with van der Waals surface area (Å²) in [4.78, 5) is 2.68. The van der Waals surface area contributed by atoms with Crippen molar-refractivity contribution in [2.24, 2.45) is 11.7 Å². The van der Waals surface area contributed by atoms with Crippen molar-refractivity contribution in [1.82, 2.24) is 4.90 Å². The molecule has 3 heteroatoms. The number of nitrogens with two attached hydrogens (primary N) is 1. The summed E-state index contributed by atoms with van der Waals surface area (Å²) < 4.78 is 5.91. The van der Waals surface area contributed by atoms with Crippen LogP contribution in [0.15, 0.2) is 0 Å². The zero-order valence-corrected chi connectivity index (χ0v) is 12.3. The van der Waals surface area contributed by atoms with Gasteiger partial charge in [-0.3, -0.25) is 4.90 Å². The van der Waals surface area contributed by atoms with E-state index in [-0.39, 0.29) is 5.54 Å². The first-order valence-electron chi connectivity index (χ1n) is 7.65. The van der Waals surface area contributed by atoms with Crippen LogP contribution in [0.4, 0.5) is 0 Å². The van der Waals surface area contributed by atoms with E-state index in [9.17, 15) is 0 Å². The third-order valence-corrected chi connectivity index (χ3v) is 4.88. The fraction of sp³-hybridized carbons (Fsp3) is 1.00. The fourth-order valence-corrected chi connectivity index (χ4v) is 3.56. The van der Waals surface area contributed by atoms with E-state index in [1.54, 1.807) is 0 Å². The van der Waals surface area contributed by atoms with Gasteiger partial charge in [0.1, 0.15) is 0 Å². The van der Waals surface area contributed by atoms with Crippen molar-refractivity contribution < 1.29 is 4.74 Å². The Kier molecular flexibility index (Phi) is 4.68. The number of ether oxygens (including phenoxy) is 1. The van der Waals surface area contributed by atoms with Crippen LogP contribution < -0.4 is 5.73 Å². The summed E-state index contributed by atoms with van der Waals surface area (Å²) >= 11 is 0. The summed E-state index contributed by atoms with van der Waals surface area (Å²) in [6.07, 6.45) is 6.81. The molecule has 0 aromatic carbocycles. The highest BCUT2D eigenvalue weighted by atomic mass is 16.5. The Morgan fingerprint density at radius 3 is 2.83 bits per heavy atom. The normalized spacial score (nSPS) is 32.5. The number of nitrogens with zero attached hydrogens (tertiary/aromatic N) is 1. The molecular weight excluding hydrogens is 224 g/mol. The molecular formula is C15H30N2O. The topological polar surface area (TPSA) is 38.5 Å². The van der Waals surface area contributed by atoms with Gasteiger partial charge in [-0.05, 0) is 44.9 Å². The van der Waals surface area contributed by atoms with Crippen molar-refractivity contribution in [2.75, 3.05) is 19.7 Å². The molecule has 1 heterocycles. The molecule has 1 aliphatic carbocycles. The van der Waals surface area contributed by atoms with Crippen molar-refractivity contribution in [3.8, 4) is 0 Å². The maximum atomic E-state index is 6.12. The van der Waals surface area contributed by atoms with Crippen molar-refractivity contribution in [3.63, 3.8) is 0 Å². The van der Waals surface area contributed by atoms with Gasteiger partial charge in [-0.25, -0.2) is 0 Å². The molecule has 1 saturated carbocycles. The van der Waals surface area contributed by atoms with Crippen molar-refractivity contribution in [3.05, 3.63) is 0 Å². The quantitative estimate of drug-likeness (QED) is 0.819. The Labute approximate surface area is 112 Å². The first-order chi connectivity index (χ1) is 8.57. The summed E-state index contributed by atoms with van der Waals surface area (Å²) in [5.74, 6) is 0.760. The number of hydrogen-bond acceptors (Lipinski definition) is 3. The molecule has 3 atom stereocenters. The van der Waals surface area contributed by atoms with Gasteiger partial charge in [0.15, 0.2) is 0 Å². The van der Waals surface area contributed by atoms with Crippen LogP contribution in [0.2, 0.25) is 0 Å². The summed E-state index contributed by atoms with van der Waals surface area (Å²) in [5.41, 5.74) is 6.29. The molecule has 106 valence electrons. The Morgan fingerprint density at radius 1 is 1.39 bits per heavy atom. The van der Waals surface area contributed by atoms with E-state index in [0.717, 1.165) is 25.6 Å². The third kappa shape index (κ3) is 2.89. The molecule has 0 amide bonds. The van der Waals surface area contributed by atoms with Crippen LogP contribution in [-0.4, -0.2) is 42.3 Å². The lowest BCUT2D eigenvalue weighted by Gasteiger charge is -2.49. The molecule has 0 aromatic rings. The van der Waals surface area contributed by atoms with Crippen molar-refractivity contribution in [1.29, 1.82) is 0 Å². The molecule has 2 rings (SSSR count). The minimum absolute atomic E-state index is 0.168. The molecule has 1 saturated heterocycles. The highest BCUT2D eigenvalue weighted by molar-refractivity contribution is 4.98. The Morgan fingerprint density at radius 2 is 2.17 bits per heavy atom. The van der Waals surface area contributed by atoms with Crippen LogP contribution in [0, 0.1) is 5.92 Å².